The van der Waals surface area contributed by atoms with Crippen LogP contribution in [0.2, 0.25) is 0 Å². The normalized spacial score (nSPS) is 37.0. The third-order valence-corrected chi connectivity index (χ3v) is 10.7. The molecule has 4 bridgehead atoms. The highest BCUT2D eigenvalue weighted by Gasteiger charge is 2.45. The van der Waals surface area contributed by atoms with Crippen LogP contribution in [0.3, 0.4) is 0 Å². The largest absolute Gasteiger partial charge is 0.480 e. The first kappa shape index (κ1) is 24.1. The summed E-state index contributed by atoms with van der Waals surface area (Å²) in [6.45, 7) is 1.84. The summed E-state index contributed by atoms with van der Waals surface area (Å²) in [5.74, 6) is 2.79. The van der Waals surface area contributed by atoms with Crippen molar-refractivity contribution >= 4 is 17.0 Å². The zero-order valence-corrected chi connectivity index (χ0v) is 22.3. The van der Waals surface area contributed by atoms with Crippen molar-refractivity contribution in [2.24, 2.45) is 11.8 Å². The van der Waals surface area contributed by atoms with Crippen LogP contribution in [-0.2, 0) is 4.79 Å². The number of rotatable bonds is 5. The highest BCUT2D eigenvalue weighted by Crippen LogP contribution is 2.48. The minimum atomic E-state index is -0.721. The van der Waals surface area contributed by atoms with Gasteiger partial charge in [-0.3, -0.25) is 14.6 Å². The van der Waals surface area contributed by atoms with Crippen LogP contribution in [0.4, 0.5) is 0 Å². The Kier molecular flexibility index (Phi) is 6.52. The fourth-order valence-corrected chi connectivity index (χ4v) is 9.47. The Hall–Kier alpha value is -1.92. The number of imidazole rings is 1. The predicted molar refractivity (Wildman–Crippen MR) is 146 cm³/mol. The van der Waals surface area contributed by atoms with Gasteiger partial charge in [0.05, 0.1) is 17.6 Å². The van der Waals surface area contributed by atoms with Crippen LogP contribution in [0.25, 0.3) is 11.0 Å². The van der Waals surface area contributed by atoms with Gasteiger partial charge in [0.25, 0.3) is 0 Å². The van der Waals surface area contributed by atoms with Crippen molar-refractivity contribution in [3.05, 3.63) is 30.1 Å². The number of carboxylic acid groups (broad SMARTS) is 1. The van der Waals surface area contributed by atoms with E-state index in [2.05, 4.69) is 38.6 Å². The number of carboxylic acids is 1. The van der Waals surface area contributed by atoms with Gasteiger partial charge in [-0.1, -0.05) is 37.8 Å². The van der Waals surface area contributed by atoms with Crippen LogP contribution in [0.5, 0.6) is 0 Å². The van der Waals surface area contributed by atoms with E-state index in [1.54, 1.807) is 0 Å². The summed E-state index contributed by atoms with van der Waals surface area (Å²) in [6, 6.07) is 11.5. The fourth-order valence-electron chi connectivity index (χ4n) is 9.47. The van der Waals surface area contributed by atoms with Crippen molar-refractivity contribution in [3.8, 4) is 0 Å². The van der Waals surface area contributed by atoms with Crippen LogP contribution in [-0.4, -0.2) is 68.2 Å². The molecule has 3 aliphatic heterocycles. The van der Waals surface area contributed by atoms with E-state index in [1.807, 2.05) is 0 Å². The minimum absolute atomic E-state index is 0.142. The van der Waals surface area contributed by atoms with E-state index in [-0.39, 0.29) is 6.54 Å². The topological polar surface area (TPSA) is 61.6 Å². The molecule has 5 aliphatic rings. The average Bonchev–Trinajstić information content (AvgIpc) is 3.27. The SMILES string of the molecule is O=C(O)CN1CCC[C@H](c2nc3ccccc3n2C2C[C@H]3CCC[C@@H](C2)N3C2C[C@H]3CCC[C@@H](C2)C3)C1. The van der Waals surface area contributed by atoms with Gasteiger partial charge in [-0.25, -0.2) is 4.98 Å². The predicted octanol–water partition coefficient (Wildman–Crippen LogP) is 5.83. The van der Waals surface area contributed by atoms with Gasteiger partial charge < -0.3 is 9.67 Å². The number of aromatic nitrogens is 2. The summed E-state index contributed by atoms with van der Waals surface area (Å²) >= 11 is 0. The number of carbonyl (C=O) groups is 1. The molecule has 2 unspecified atom stereocenters. The van der Waals surface area contributed by atoms with E-state index in [0.717, 1.165) is 49.3 Å². The molecule has 37 heavy (non-hydrogen) atoms. The van der Waals surface area contributed by atoms with E-state index in [9.17, 15) is 9.90 Å². The number of hydrogen-bond donors (Lipinski definition) is 1. The quantitative estimate of drug-likeness (QED) is 0.555. The zero-order chi connectivity index (χ0) is 24.9. The number of fused-ring (bicyclic) bond motifs is 5. The molecule has 7 rings (SSSR count). The minimum Gasteiger partial charge on any atom is -0.480 e. The van der Waals surface area contributed by atoms with Gasteiger partial charge >= 0.3 is 5.97 Å². The maximum atomic E-state index is 11.4. The maximum Gasteiger partial charge on any atom is 0.317 e. The van der Waals surface area contributed by atoms with Gasteiger partial charge in [-0.15, -0.1) is 0 Å². The number of hydrogen-bond acceptors (Lipinski definition) is 4. The van der Waals surface area contributed by atoms with E-state index in [1.165, 1.54) is 82.0 Å². The Labute approximate surface area is 221 Å². The molecule has 5 fully saturated rings. The van der Waals surface area contributed by atoms with Crippen LogP contribution in [0.1, 0.15) is 101 Å². The molecule has 1 aromatic carbocycles. The van der Waals surface area contributed by atoms with Crippen molar-refractivity contribution in [2.45, 2.75) is 114 Å². The van der Waals surface area contributed by atoms with Gasteiger partial charge in [-0.2, -0.15) is 0 Å². The molecule has 0 amide bonds. The molecular formula is C31H44N4O2. The number of benzene rings is 1. The second-order valence-corrected chi connectivity index (χ2v) is 13.1. The van der Waals surface area contributed by atoms with E-state index < -0.39 is 5.97 Å². The van der Waals surface area contributed by atoms with Gasteiger partial charge in [0.2, 0.25) is 0 Å². The molecular weight excluding hydrogens is 460 g/mol. The lowest BCUT2D eigenvalue weighted by Gasteiger charge is -2.55. The molecule has 2 aromatic rings. The van der Waals surface area contributed by atoms with Crippen molar-refractivity contribution in [2.75, 3.05) is 19.6 Å². The Morgan fingerprint density at radius 3 is 2.32 bits per heavy atom. The first-order chi connectivity index (χ1) is 18.1. The summed E-state index contributed by atoms with van der Waals surface area (Å²) in [5.41, 5.74) is 2.40. The molecule has 0 radical (unpaired) electrons. The molecule has 2 aliphatic carbocycles. The highest BCUT2D eigenvalue weighted by atomic mass is 16.4. The van der Waals surface area contributed by atoms with Gasteiger partial charge in [0, 0.05) is 36.6 Å². The van der Waals surface area contributed by atoms with Crippen LogP contribution in [0, 0.1) is 11.8 Å². The van der Waals surface area contributed by atoms with Crippen molar-refractivity contribution < 1.29 is 9.90 Å². The third-order valence-electron chi connectivity index (χ3n) is 10.7. The molecule has 1 aromatic heterocycles. The standard InChI is InChI=1S/C31H44N4O2/c36-30(37)20-33-13-5-8-23(19-33)31-32-28-11-1-2-12-29(28)35(31)27-17-24-9-4-10-25(18-27)34(24)26-15-21-6-3-7-22(14-21)16-26/h1-2,11-12,21-27H,3-10,13-20H2,(H,36,37)/t21-,22+,23-,24-,25+,26?,27?/m0/s1. The molecule has 1 N–H and O–H groups in total. The van der Waals surface area contributed by atoms with Crippen LogP contribution >= 0.6 is 0 Å². The summed E-state index contributed by atoms with van der Waals surface area (Å²) < 4.78 is 2.64. The third kappa shape index (κ3) is 4.63. The molecule has 6 heteroatoms. The first-order valence-electron chi connectivity index (χ1n) is 15.3. The first-order valence-corrected chi connectivity index (χ1v) is 15.3. The number of nitrogens with zero attached hydrogens (tertiary/aromatic N) is 4. The maximum absolute atomic E-state index is 11.4. The van der Waals surface area contributed by atoms with Crippen LogP contribution < -0.4 is 0 Å². The van der Waals surface area contributed by atoms with Crippen molar-refractivity contribution in [1.82, 2.24) is 19.4 Å². The zero-order valence-electron chi connectivity index (χ0n) is 22.3. The number of likely N-dealkylation sites (tertiary alicyclic amines) is 1. The lowest BCUT2D eigenvalue weighted by Crippen LogP contribution is -2.58. The molecule has 3 saturated heterocycles. The Bertz CT molecular complexity index is 1100. The Morgan fingerprint density at radius 1 is 0.838 bits per heavy atom. The summed E-state index contributed by atoms with van der Waals surface area (Å²) in [6.07, 6.45) is 17.6. The summed E-state index contributed by atoms with van der Waals surface area (Å²) in [5, 5.41) is 9.40. The molecule has 4 heterocycles. The second kappa shape index (κ2) is 10.00. The number of aliphatic carboxylic acids is 1. The lowest BCUT2D eigenvalue weighted by atomic mass is 9.68. The van der Waals surface area contributed by atoms with Gasteiger partial charge in [-0.05, 0) is 88.3 Å². The molecule has 2 saturated carbocycles. The second-order valence-electron chi connectivity index (χ2n) is 13.1. The average molecular weight is 505 g/mol. The van der Waals surface area contributed by atoms with E-state index >= 15 is 0 Å². The van der Waals surface area contributed by atoms with E-state index in [0.29, 0.717) is 24.0 Å². The summed E-state index contributed by atoms with van der Waals surface area (Å²) in [4.78, 5) is 21.9. The van der Waals surface area contributed by atoms with Gasteiger partial charge in [0.15, 0.2) is 0 Å². The van der Waals surface area contributed by atoms with E-state index in [4.69, 9.17) is 4.98 Å². The van der Waals surface area contributed by atoms with Crippen molar-refractivity contribution in [3.63, 3.8) is 0 Å². The molecule has 6 nitrogen and oxygen atoms in total. The monoisotopic (exact) mass is 504 g/mol. The fraction of sp³-hybridized carbons (Fsp3) is 0.742. The smallest absolute Gasteiger partial charge is 0.317 e. The Balaban J connectivity index is 1.18. The highest BCUT2D eigenvalue weighted by molar-refractivity contribution is 5.76. The molecule has 7 atom stereocenters. The number of piperidine rings is 3. The number of para-hydroxylation sites is 2. The molecule has 0 spiro atoms. The van der Waals surface area contributed by atoms with Gasteiger partial charge in [0.1, 0.15) is 5.82 Å². The molecule has 200 valence electrons. The van der Waals surface area contributed by atoms with Crippen molar-refractivity contribution in [1.29, 1.82) is 0 Å². The summed E-state index contributed by atoms with van der Waals surface area (Å²) in [7, 11) is 0. The lowest BCUT2D eigenvalue weighted by molar-refractivity contribution is -0.138. The Morgan fingerprint density at radius 2 is 1.57 bits per heavy atom. The van der Waals surface area contributed by atoms with Crippen LogP contribution in [0.15, 0.2) is 24.3 Å².